The lowest BCUT2D eigenvalue weighted by atomic mass is 10.2. The summed E-state index contributed by atoms with van der Waals surface area (Å²) >= 11 is 0. The highest BCUT2D eigenvalue weighted by Gasteiger charge is 2.15. The number of rotatable bonds is 8. The molecule has 3 amide bonds. The Balaban J connectivity index is 1.82. The topological polar surface area (TPSA) is 92.2 Å². The Morgan fingerprint density at radius 3 is 2.07 bits per heavy atom. The largest absolute Gasteiger partial charge is 0.497 e. The predicted molar refractivity (Wildman–Crippen MR) is 111 cm³/mol. The van der Waals surface area contributed by atoms with E-state index >= 15 is 0 Å². The van der Waals surface area contributed by atoms with Gasteiger partial charge in [-0.05, 0) is 36.4 Å². The summed E-state index contributed by atoms with van der Waals surface area (Å²) in [5.41, 5.74) is 1.78. The van der Waals surface area contributed by atoms with Crippen molar-refractivity contribution in [1.29, 1.82) is 0 Å². The first-order valence-corrected chi connectivity index (χ1v) is 9.15. The zero-order valence-corrected chi connectivity index (χ0v) is 17.1. The molecule has 1 atom stereocenters. The van der Waals surface area contributed by atoms with Crippen LogP contribution in [-0.2, 0) is 9.59 Å². The Kier molecular flexibility index (Phi) is 7.73. The molecule has 154 valence electrons. The van der Waals surface area contributed by atoms with Crippen LogP contribution >= 0.6 is 0 Å². The summed E-state index contributed by atoms with van der Waals surface area (Å²) in [6, 6.07) is 13.8. The van der Waals surface area contributed by atoms with Gasteiger partial charge in [0.1, 0.15) is 5.75 Å². The van der Waals surface area contributed by atoms with Crippen LogP contribution in [0.1, 0.15) is 10.4 Å². The average Bonchev–Trinajstić information content (AvgIpc) is 2.67. The van der Waals surface area contributed by atoms with Gasteiger partial charge < -0.3 is 25.2 Å². The predicted octanol–water partition coefficient (Wildman–Crippen LogP) is 0.489. The van der Waals surface area contributed by atoms with E-state index < -0.39 is 0 Å². The van der Waals surface area contributed by atoms with E-state index in [9.17, 15) is 14.4 Å². The maximum absolute atomic E-state index is 12.2. The third kappa shape index (κ3) is 6.93. The summed E-state index contributed by atoms with van der Waals surface area (Å²) in [4.78, 5) is 38.5. The van der Waals surface area contributed by atoms with E-state index in [-0.39, 0.29) is 30.8 Å². The van der Waals surface area contributed by atoms with Crippen LogP contribution in [-0.4, -0.2) is 64.0 Å². The zero-order valence-electron chi connectivity index (χ0n) is 17.1. The molecule has 0 radical (unpaired) electrons. The number of nitrogens with one attached hydrogen (secondary N) is 3. The molecule has 0 spiro atoms. The molecule has 0 aliphatic carbocycles. The van der Waals surface area contributed by atoms with Crippen molar-refractivity contribution in [2.45, 2.75) is 0 Å². The number of methoxy groups -OCH3 is 1. The van der Waals surface area contributed by atoms with Gasteiger partial charge in [-0.25, -0.2) is 0 Å². The fraction of sp³-hybridized carbons (Fsp3) is 0.286. The van der Waals surface area contributed by atoms with Gasteiger partial charge in [0.05, 0.1) is 14.2 Å². The van der Waals surface area contributed by atoms with Crippen molar-refractivity contribution in [1.82, 2.24) is 4.90 Å². The molecule has 2 aromatic carbocycles. The van der Waals surface area contributed by atoms with Gasteiger partial charge in [0.15, 0.2) is 13.1 Å². The maximum Gasteiger partial charge on any atom is 0.279 e. The Bertz CT molecular complexity index is 865. The molecule has 1 unspecified atom stereocenters. The van der Waals surface area contributed by atoms with Crippen molar-refractivity contribution in [3.05, 3.63) is 54.1 Å². The van der Waals surface area contributed by atoms with Gasteiger partial charge in [-0.1, -0.05) is 6.07 Å². The number of quaternary nitrogens is 1. The van der Waals surface area contributed by atoms with Gasteiger partial charge >= 0.3 is 0 Å². The second-order valence-electron chi connectivity index (χ2n) is 6.92. The fourth-order valence-electron chi connectivity index (χ4n) is 2.68. The van der Waals surface area contributed by atoms with Gasteiger partial charge in [-0.3, -0.25) is 14.4 Å². The number of hydrogen-bond acceptors (Lipinski definition) is 4. The molecule has 0 bridgehead atoms. The molecule has 2 aromatic rings. The molecule has 0 aliphatic rings. The van der Waals surface area contributed by atoms with Crippen molar-refractivity contribution in [2.24, 2.45) is 0 Å². The first kappa shape index (κ1) is 21.9. The quantitative estimate of drug-likeness (QED) is 0.602. The number of carbonyl (C=O) groups is 3. The van der Waals surface area contributed by atoms with Crippen molar-refractivity contribution in [2.75, 3.05) is 52.0 Å². The molecule has 0 aromatic heterocycles. The Hall–Kier alpha value is -3.39. The van der Waals surface area contributed by atoms with Crippen molar-refractivity contribution in [3.8, 4) is 5.75 Å². The van der Waals surface area contributed by atoms with Crippen molar-refractivity contribution in [3.63, 3.8) is 0 Å². The highest BCUT2D eigenvalue weighted by molar-refractivity contribution is 5.96. The monoisotopic (exact) mass is 399 g/mol. The summed E-state index contributed by atoms with van der Waals surface area (Å²) in [5.74, 6) is 0.133. The summed E-state index contributed by atoms with van der Waals surface area (Å²) < 4.78 is 5.13. The molecular weight excluding hydrogens is 372 g/mol. The molecule has 29 heavy (non-hydrogen) atoms. The minimum absolute atomic E-state index is 0.103. The van der Waals surface area contributed by atoms with E-state index in [0.29, 0.717) is 22.7 Å². The molecule has 0 saturated carbocycles. The lowest BCUT2D eigenvalue weighted by molar-refractivity contribution is -0.862. The number of likely N-dealkylation sites (N-methyl/N-ethyl adjacent to an activating group) is 1. The number of anilines is 2. The van der Waals surface area contributed by atoms with Gasteiger partial charge in [0.2, 0.25) is 0 Å². The molecule has 2 rings (SSSR count). The molecule has 0 heterocycles. The molecule has 0 saturated heterocycles. The van der Waals surface area contributed by atoms with Crippen LogP contribution in [0.2, 0.25) is 0 Å². The normalized spacial score (nSPS) is 11.3. The average molecular weight is 399 g/mol. The van der Waals surface area contributed by atoms with E-state index in [0.717, 1.165) is 4.90 Å². The molecule has 8 heteroatoms. The number of amides is 3. The summed E-state index contributed by atoms with van der Waals surface area (Å²) in [6.45, 7) is 0.269. The van der Waals surface area contributed by atoms with Crippen LogP contribution in [0.4, 0.5) is 11.4 Å². The lowest BCUT2D eigenvalue weighted by Crippen LogP contribution is -3.11. The lowest BCUT2D eigenvalue weighted by Gasteiger charge is -2.14. The first-order valence-electron chi connectivity index (χ1n) is 9.15. The SMILES string of the molecule is COc1cccc(NC(=O)C[NH+](C)CC(=O)Nc2ccc(C(=O)N(C)C)cc2)c1. The number of nitrogens with zero attached hydrogens (tertiary/aromatic N) is 1. The van der Waals surface area contributed by atoms with Crippen LogP contribution < -0.4 is 20.3 Å². The third-order valence-corrected chi connectivity index (χ3v) is 4.10. The van der Waals surface area contributed by atoms with E-state index in [1.807, 2.05) is 0 Å². The standard InChI is InChI=1S/C21H26N4O4/c1-24(2)21(28)15-8-10-16(11-9-15)22-19(26)13-25(3)14-20(27)23-17-6-5-7-18(12-17)29-4/h5-12H,13-14H2,1-4H3,(H,22,26)(H,23,27)/p+1. The number of hydrogen-bond donors (Lipinski definition) is 3. The van der Waals surface area contributed by atoms with Crippen LogP contribution in [0.5, 0.6) is 5.75 Å². The Labute approximate surface area is 170 Å². The third-order valence-electron chi connectivity index (χ3n) is 4.10. The molecule has 0 aliphatic heterocycles. The van der Waals surface area contributed by atoms with Crippen LogP contribution in [0.3, 0.4) is 0 Å². The Morgan fingerprint density at radius 1 is 0.931 bits per heavy atom. The first-order chi connectivity index (χ1) is 13.8. The van der Waals surface area contributed by atoms with Crippen LogP contribution in [0, 0.1) is 0 Å². The summed E-state index contributed by atoms with van der Waals surface area (Å²) in [7, 11) is 6.69. The summed E-state index contributed by atoms with van der Waals surface area (Å²) in [6.07, 6.45) is 0. The van der Waals surface area contributed by atoms with E-state index in [4.69, 9.17) is 4.74 Å². The maximum atomic E-state index is 12.2. The van der Waals surface area contributed by atoms with E-state index in [1.54, 1.807) is 76.8 Å². The second-order valence-corrected chi connectivity index (χ2v) is 6.92. The smallest absolute Gasteiger partial charge is 0.279 e. The minimum Gasteiger partial charge on any atom is -0.497 e. The number of ether oxygens (including phenoxy) is 1. The molecule has 0 fully saturated rings. The van der Waals surface area contributed by atoms with Gasteiger partial charge in [-0.15, -0.1) is 0 Å². The van der Waals surface area contributed by atoms with Gasteiger partial charge in [0, 0.05) is 37.1 Å². The number of benzene rings is 2. The fourth-order valence-corrected chi connectivity index (χ4v) is 2.68. The van der Waals surface area contributed by atoms with E-state index in [1.165, 1.54) is 4.90 Å². The number of carbonyl (C=O) groups excluding carboxylic acids is 3. The molecular formula is C21H27N4O4+. The van der Waals surface area contributed by atoms with Crippen molar-refractivity contribution < 1.29 is 24.0 Å². The highest BCUT2D eigenvalue weighted by Crippen LogP contribution is 2.16. The van der Waals surface area contributed by atoms with Crippen LogP contribution in [0.25, 0.3) is 0 Å². The van der Waals surface area contributed by atoms with Gasteiger partial charge in [0.25, 0.3) is 17.7 Å². The van der Waals surface area contributed by atoms with Crippen LogP contribution in [0.15, 0.2) is 48.5 Å². The molecule has 8 nitrogen and oxygen atoms in total. The highest BCUT2D eigenvalue weighted by atomic mass is 16.5. The molecule has 3 N–H and O–H groups in total. The Morgan fingerprint density at radius 2 is 1.52 bits per heavy atom. The zero-order chi connectivity index (χ0) is 21.4. The minimum atomic E-state index is -0.219. The summed E-state index contributed by atoms with van der Waals surface area (Å²) in [5, 5.41) is 5.56. The van der Waals surface area contributed by atoms with Gasteiger partial charge in [-0.2, -0.15) is 0 Å². The second kappa shape index (κ2) is 10.2. The van der Waals surface area contributed by atoms with Crippen molar-refractivity contribution >= 4 is 29.1 Å². The van der Waals surface area contributed by atoms with E-state index in [2.05, 4.69) is 10.6 Å².